The van der Waals surface area contributed by atoms with Gasteiger partial charge < -0.3 is 4.74 Å². The predicted octanol–water partition coefficient (Wildman–Crippen LogP) is 5.99. The third kappa shape index (κ3) is 6.51. The van der Waals surface area contributed by atoms with Crippen LogP contribution in [-0.4, -0.2) is 55.2 Å². The first-order valence-electron chi connectivity index (χ1n) is 12.3. The Labute approximate surface area is 223 Å². The van der Waals surface area contributed by atoms with Gasteiger partial charge in [-0.3, -0.25) is 14.6 Å². The highest BCUT2D eigenvalue weighted by Crippen LogP contribution is 2.30. The number of carbonyl (C=O) groups is 1. The number of aryl methyl sites for hydroxylation is 1. The zero-order valence-corrected chi connectivity index (χ0v) is 22.2. The van der Waals surface area contributed by atoms with Gasteiger partial charge in [0.2, 0.25) is 5.91 Å². The number of benzene rings is 3. The number of rotatable bonds is 8. The summed E-state index contributed by atoms with van der Waals surface area (Å²) in [5, 5.41) is 0.790. The first-order chi connectivity index (χ1) is 17.2. The van der Waals surface area contributed by atoms with Crippen molar-refractivity contribution in [3.8, 4) is 11.1 Å². The summed E-state index contributed by atoms with van der Waals surface area (Å²) < 4.78 is 6.59. The average molecular weight is 522 g/mol. The Morgan fingerprint density at radius 1 is 1.00 bits per heavy atom. The Hall–Kier alpha value is -2.77. The first-order valence-corrected chi connectivity index (χ1v) is 13.1. The standard InChI is InChI=1S/C29H31N3O2S.ClH/c1-22-8-13-26-27(20-22)35-29(30-26)32(15-5-14-31-16-18-34-19-17-31)28(33)21-23-9-11-25(12-10-23)24-6-3-2-4-7-24;/h2-4,6-13,20H,5,14-19,21H2,1H3;1H. The molecule has 0 unspecified atom stereocenters. The molecule has 0 bridgehead atoms. The number of carbonyl (C=O) groups excluding carboxylic acids is 1. The fourth-order valence-electron chi connectivity index (χ4n) is 4.46. The Kier molecular flexibility index (Phi) is 9.10. The average Bonchev–Trinajstić information content (AvgIpc) is 3.31. The van der Waals surface area contributed by atoms with E-state index in [2.05, 4.69) is 60.4 Å². The van der Waals surface area contributed by atoms with Crippen molar-refractivity contribution in [3.63, 3.8) is 0 Å². The summed E-state index contributed by atoms with van der Waals surface area (Å²) in [5.41, 5.74) is 5.51. The van der Waals surface area contributed by atoms with Crippen molar-refractivity contribution < 1.29 is 9.53 Å². The molecular formula is C29H32ClN3O2S. The molecule has 0 aliphatic carbocycles. The van der Waals surface area contributed by atoms with E-state index >= 15 is 0 Å². The molecule has 0 saturated carbocycles. The van der Waals surface area contributed by atoms with E-state index in [0.717, 1.165) is 65.7 Å². The third-order valence-electron chi connectivity index (χ3n) is 6.44. The van der Waals surface area contributed by atoms with Gasteiger partial charge in [-0.15, -0.1) is 12.4 Å². The van der Waals surface area contributed by atoms with Crippen molar-refractivity contribution in [1.29, 1.82) is 0 Å². The first kappa shape index (κ1) is 26.3. The van der Waals surface area contributed by atoms with Crippen LogP contribution in [0.3, 0.4) is 0 Å². The number of nitrogens with zero attached hydrogens (tertiary/aromatic N) is 3. The van der Waals surface area contributed by atoms with Crippen LogP contribution in [0.4, 0.5) is 5.13 Å². The molecule has 1 aliphatic heterocycles. The SMILES string of the molecule is Cc1ccc2nc(N(CCCN3CCOCC3)C(=O)Cc3ccc(-c4ccccc4)cc3)sc2c1.Cl. The minimum absolute atomic E-state index is 0. The number of thiazole rings is 1. The molecule has 1 aliphatic rings. The maximum atomic E-state index is 13.6. The van der Waals surface area contributed by atoms with Crippen LogP contribution in [0.25, 0.3) is 21.3 Å². The fourth-order valence-corrected chi connectivity index (χ4v) is 5.56. The molecule has 0 spiro atoms. The molecular weight excluding hydrogens is 490 g/mol. The van der Waals surface area contributed by atoms with Crippen molar-refractivity contribution >= 4 is 45.0 Å². The monoisotopic (exact) mass is 521 g/mol. The Bertz CT molecular complexity index is 1270. The number of fused-ring (bicyclic) bond motifs is 1. The highest BCUT2D eigenvalue weighted by Gasteiger charge is 2.21. The highest BCUT2D eigenvalue weighted by atomic mass is 35.5. The Morgan fingerprint density at radius 2 is 1.72 bits per heavy atom. The number of hydrogen-bond donors (Lipinski definition) is 0. The topological polar surface area (TPSA) is 45.7 Å². The van der Waals surface area contributed by atoms with Crippen LogP contribution in [0.2, 0.25) is 0 Å². The lowest BCUT2D eigenvalue weighted by Gasteiger charge is -2.27. The van der Waals surface area contributed by atoms with E-state index in [4.69, 9.17) is 9.72 Å². The number of aromatic nitrogens is 1. The summed E-state index contributed by atoms with van der Waals surface area (Å²) in [6, 6.07) is 24.9. The van der Waals surface area contributed by atoms with Crippen LogP contribution in [0, 0.1) is 6.92 Å². The quantitative estimate of drug-likeness (QED) is 0.285. The molecule has 3 aromatic carbocycles. The van der Waals surface area contributed by atoms with Crippen molar-refractivity contribution in [3.05, 3.63) is 83.9 Å². The van der Waals surface area contributed by atoms with Crippen LogP contribution in [-0.2, 0) is 16.0 Å². The Balaban J connectivity index is 0.00000304. The van der Waals surface area contributed by atoms with E-state index in [1.54, 1.807) is 11.3 Å². The van der Waals surface area contributed by atoms with Crippen LogP contribution in [0.1, 0.15) is 17.5 Å². The van der Waals surface area contributed by atoms with Crippen LogP contribution >= 0.6 is 23.7 Å². The summed E-state index contributed by atoms with van der Waals surface area (Å²) in [4.78, 5) is 22.7. The summed E-state index contributed by atoms with van der Waals surface area (Å²) in [7, 11) is 0. The molecule has 0 N–H and O–H groups in total. The van der Waals surface area contributed by atoms with Crippen molar-refractivity contribution in [2.45, 2.75) is 19.8 Å². The normalized spacial score (nSPS) is 13.9. The molecule has 1 fully saturated rings. The zero-order valence-electron chi connectivity index (χ0n) is 20.6. The molecule has 1 amide bonds. The third-order valence-corrected chi connectivity index (χ3v) is 7.48. The molecule has 5 nitrogen and oxygen atoms in total. The van der Waals surface area contributed by atoms with Gasteiger partial charge in [-0.1, -0.05) is 72.0 Å². The van der Waals surface area contributed by atoms with E-state index in [0.29, 0.717) is 13.0 Å². The van der Waals surface area contributed by atoms with Crippen molar-refractivity contribution in [2.75, 3.05) is 44.3 Å². The maximum absolute atomic E-state index is 13.6. The lowest BCUT2D eigenvalue weighted by molar-refractivity contribution is -0.118. The maximum Gasteiger partial charge on any atom is 0.233 e. The van der Waals surface area contributed by atoms with Gasteiger partial charge in [0.25, 0.3) is 0 Å². The molecule has 188 valence electrons. The van der Waals surface area contributed by atoms with E-state index < -0.39 is 0 Å². The fraction of sp³-hybridized carbons (Fsp3) is 0.310. The van der Waals surface area contributed by atoms with Gasteiger partial charge in [-0.25, -0.2) is 4.98 Å². The minimum atomic E-state index is 0. The lowest BCUT2D eigenvalue weighted by Crippen LogP contribution is -2.39. The molecule has 7 heteroatoms. The predicted molar refractivity (Wildman–Crippen MR) is 151 cm³/mol. The van der Waals surface area contributed by atoms with E-state index in [1.165, 1.54) is 11.1 Å². The van der Waals surface area contributed by atoms with Crippen LogP contribution in [0.15, 0.2) is 72.8 Å². The van der Waals surface area contributed by atoms with E-state index in [-0.39, 0.29) is 18.3 Å². The molecule has 36 heavy (non-hydrogen) atoms. The molecule has 1 aromatic heterocycles. The molecule has 5 rings (SSSR count). The molecule has 2 heterocycles. The summed E-state index contributed by atoms with van der Waals surface area (Å²) in [6.07, 6.45) is 1.27. The number of amides is 1. The highest BCUT2D eigenvalue weighted by molar-refractivity contribution is 7.22. The number of anilines is 1. The van der Waals surface area contributed by atoms with Gasteiger partial charge in [0.1, 0.15) is 0 Å². The molecule has 1 saturated heterocycles. The largest absolute Gasteiger partial charge is 0.379 e. The summed E-state index contributed by atoms with van der Waals surface area (Å²) in [6.45, 7) is 7.21. The van der Waals surface area contributed by atoms with Gasteiger partial charge in [0, 0.05) is 26.2 Å². The summed E-state index contributed by atoms with van der Waals surface area (Å²) >= 11 is 1.60. The van der Waals surface area contributed by atoms with Crippen LogP contribution < -0.4 is 4.90 Å². The van der Waals surface area contributed by atoms with Gasteiger partial charge in [0.15, 0.2) is 5.13 Å². The zero-order chi connectivity index (χ0) is 24.0. The Morgan fingerprint density at radius 3 is 2.47 bits per heavy atom. The van der Waals surface area contributed by atoms with Gasteiger partial charge in [-0.2, -0.15) is 0 Å². The van der Waals surface area contributed by atoms with E-state index in [9.17, 15) is 4.79 Å². The number of hydrogen-bond acceptors (Lipinski definition) is 5. The van der Waals surface area contributed by atoms with Crippen molar-refractivity contribution in [2.24, 2.45) is 0 Å². The summed E-state index contributed by atoms with van der Waals surface area (Å²) in [5.74, 6) is 0.0928. The van der Waals surface area contributed by atoms with E-state index in [1.807, 2.05) is 29.2 Å². The van der Waals surface area contributed by atoms with Crippen molar-refractivity contribution in [1.82, 2.24) is 9.88 Å². The molecule has 4 aromatic rings. The smallest absolute Gasteiger partial charge is 0.233 e. The second-order valence-corrected chi connectivity index (χ2v) is 10.1. The van der Waals surface area contributed by atoms with Crippen LogP contribution in [0.5, 0.6) is 0 Å². The lowest BCUT2D eigenvalue weighted by atomic mass is 10.0. The second-order valence-electron chi connectivity index (χ2n) is 9.06. The minimum Gasteiger partial charge on any atom is -0.379 e. The van der Waals surface area contributed by atoms with Gasteiger partial charge in [0.05, 0.1) is 29.9 Å². The molecule has 0 atom stereocenters. The van der Waals surface area contributed by atoms with Gasteiger partial charge in [-0.05, 0) is 47.7 Å². The number of halogens is 1. The van der Waals surface area contributed by atoms with Gasteiger partial charge >= 0.3 is 0 Å². The number of ether oxygens (including phenoxy) is 1. The molecule has 0 radical (unpaired) electrons. The second kappa shape index (κ2) is 12.5. The number of morpholine rings is 1.